The number of alkyl carbamates (subject to hydrolysis) is 1. The van der Waals surface area contributed by atoms with Crippen molar-refractivity contribution in [1.29, 1.82) is 0 Å². The highest BCUT2D eigenvalue weighted by Crippen LogP contribution is 2.31. The number of ether oxygens (including phenoxy) is 1. The quantitative estimate of drug-likeness (QED) is 0.228. The van der Waals surface area contributed by atoms with Crippen LogP contribution in [0.15, 0.2) is 97.1 Å². The molecule has 232 valence electrons. The number of anilines is 1. The van der Waals surface area contributed by atoms with E-state index in [9.17, 15) is 18.8 Å². The minimum atomic E-state index is -1.38. The summed E-state index contributed by atoms with van der Waals surface area (Å²) in [5, 5.41) is 5.42. The lowest BCUT2D eigenvalue weighted by atomic mass is 9.98. The summed E-state index contributed by atoms with van der Waals surface area (Å²) in [6, 6.07) is 28.5. The van der Waals surface area contributed by atoms with Crippen molar-refractivity contribution in [3.05, 3.63) is 125 Å². The Bertz CT molecular complexity index is 1670. The Morgan fingerprint density at radius 2 is 1.67 bits per heavy atom. The molecule has 0 saturated carbocycles. The molecular formula is C36H37FN4O4. The van der Waals surface area contributed by atoms with Crippen LogP contribution < -0.4 is 21.3 Å². The summed E-state index contributed by atoms with van der Waals surface area (Å²) >= 11 is 0. The molecule has 0 saturated heterocycles. The number of carbonyl (C=O) groups excluding carboxylic acids is 3. The van der Waals surface area contributed by atoms with Gasteiger partial charge in [0.2, 0.25) is 11.8 Å². The largest absolute Gasteiger partial charge is 0.445 e. The molecule has 1 aliphatic rings. The van der Waals surface area contributed by atoms with E-state index in [4.69, 9.17) is 10.5 Å². The number of amides is 3. The lowest BCUT2D eigenvalue weighted by Crippen LogP contribution is -2.59. The number of benzene rings is 4. The average molecular weight is 609 g/mol. The van der Waals surface area contributed by atoms with Crippen molar-refractivity contribution < 1.29 is 23.5 Å². The van der Waals surface area contributed by atoms with Crippen molar-refractivity contribution in [1.82, 2.24) is 10.6 Å². The van der Waals surface area contributed by atoms with Gasteiger partial charge in [0.25, 0.3) is 0 Å². The number of fused-ring (bicyclic) bond motifs is 1. The molecule has 45 heavy (non-hydrogen) atoms. The molecule has 1 atom stereocenters. The van der Waals surface area contributed by atoms with Crippen LogP contribution in [0.5, 0.6) is 0 Å². The number of nitrogens with zero attached hydrogens (tertiary/aromatic N) is 1. The number of carbonyl (C=O) groups is 3. The predicted octanol–water partition coefficient (Wildman–Crippen LogP) is 5.62. The van der Waals surface area contributed by atoms with Gasteiger partial charge in [0, 0.05) is 12.2 Å². The van der Waals surface area contributed by atoms with Crippen LogP contribution in [0, 0.1) is 5.82 Å². The number of hydrogen-bond donors (Lipinski definition) is 3. The monoisotopic (exact) mass is 608 g/mol. The molecule has 0 spiro atoms. The van der Waals surface area contributed by atoms with E-state index in [1.807, 2.05) is 78.9 Å². The zero-order valence-corrected chi connectivity index (χ0v) is 25.4. The maximum Gasteiger partial charge on any atom is 0.408 e. The molecule has 4 aromatic carbocycles. The molecule has 3 amide bonds. The van der Waals surface area contributed by atoms with Crippen LogP contribution in [0.1, 0.15) is 42.5 Å². The molecular weight excluding hydrogens is 571 g/mol. The first-order chi connectivity index (χ1) is 21.6. The number of rotatable bonds is 9. The fraction of sp³-hybridized carbons (Fsp3) is 0.250. The topological polar surface area (TPSA) is 114 Å². The second kappa shape index (κ2) is 13.7. The van der Waals surface area contributed by atoms with Crippen LogP contribution in [-0.4, -0.2) is 29.5 Å². The summed E-state index contributed by atoms with van der Waals surface area (Å²) in [5.41, 5.74) is 10.6. The molecule has 9 heteroatoms. The first kappa shape index (κ1) is 31.4. The van der Waals surface area contributed by atoms with E-state index in [1.165, 1.54) is 12.1 Å². The maximum atomic E-state index is 14.3. The van der Waals surface area contributed by atoms with Crippen LogP contribution in [0.25, 0.3) is 11.1 Å². The molecule has 0 bridgehead atoms. The second-order valence-corrected chi connectivity index (χ2v) is 11.6. The van der Waals surface area contributed by atoms with Crippen LogP contribution in [-0.2, 0) is 40.4 Å². The molecule has 1 heterocycles. The minimum Gasteiger partial charge on any atom is -0.445 e. The van der Waals surface area contributed by atoms with Gasteiger partial charge in [-0.2, -0.15) is 0 Å². The van der Waals surface area contributed by atoms with Crippen molar-refractivity contribution in [2.24, 2.45) is 5.73 Å². The predicted molar refractivity (Wildman–Crippen MR) is 171 cm³/mol. The van der Waals surface area contributed by atoms with Gasteiger partial charge in [0.1, 0.15) is 24.0 Å². The second-order valence-electron chi connectivity index (χ2n) is 11.6. The Morgan fingerprint density at radius 3 is 2.40 bits per heavy atom. The fourth-order valence-electron chi connectivity index (χ4n) is 5.41. The van der Waals surface area contributed by atoms with Gasteiger partial charge in [-0.05, 0) is 78.3 Å². The van der Waals surface area contributed by atoms with E-state index >= 15 is 0 Å². The van der Waals surface area contributed by atoms with Gasteiger partial charge >= 0.3 is 6.09 Å². The fourth-order valence-corrected chi connectivity index (χ4v) is 5.41. The molecule has 0 unspecified atom stereocenters. The average Bonchev–Trinajstić information content (AvgIpc) is 3.16. The molecule has 0 aliphatic carbocycles. The van der Waals surface area contributed by atoms with Gasteiger partial charge in [0.05, 0.1) is 6.54 Å². The molecule has 0 fully saturated rings. The highest BCUT2D eigenvalue weighted by atomic mass is 19.1. The summed E-state index contributed by atoms with van der Waals surface area (Å²) in [7, 11) is 0. The van der Waals surface area contributed by atoms with Crippen molar-refractivity contribution in [2.45, 2.75) is 58.0 Å². The molecule has 0 aromatic heterocycles. The van der Waals surface area contributed by atoms with Crippen LogP contribution in [0.4, 0.5) is 14.9 Å². The SMILES string of the molecule is CC(C)(NC(=O)OCc1ccccc1)C(=O)N[C@@H]1CCc2cc(F)ccc2N(Cc2ccc(-c3ccccc3CN)cc2)C1=O. The smallest absolute Gasteiger partial charge is 0.408 e. The third-order valence-electron chi connectivity index (χ3n) is 7.94. The van der Waals surface area contributed by atoms with Crippen molar-refractivity contribution in [3.63, 3.8) is 0 Å². The first-order valence-corrected chi connectivity index (χ1v) is 14.9. The van der Waals surface area contributed by atoms with Crippen molar-refractivity contribution in [3.8, 4) is 11.1 Å². The maximum absolute atomic E-state index is 14.3. The van der Waals surface area contributed by atoms with Crippen LogP contribution in [0.2, 0.25) is 0 Å². The Hall–Kier alpha value is -5.02. The van der Waals surface area contributed by atoms with Gasteiger partial charge in [-0.1, -0.05) is 78.9 Å². The van der Waals surface area contributed by atoms with E-state index < -0.39 is 29.4 Å². The standard InChI is InChI=1S/C36H37FN4O4/c1-36(2,40-35(44)45-23-25-8-4-3-5-9-25)34(43)39-31-18-16-27-20-29(37)17-19-32(27)41(33(31)42)22-24-12-14-26(15-13-24)30-11-7-6-10-28(30)21-38/h3-15,17,19-20,31H,16,18,21-23,38H2,1-2H3,(H,39,43)(H,40,44)/t31-/m1/s1. The normalized spacial score (nSPS) is 14.7. The first-order valence-electron chi connectivity index (χ1n) is 14.9. The number of halogens is 1. The molecule has 8 nitrogen and oxygen atoms in total. The zero-order chi connectivity index (χ0) is 32.0. The molecule has 0 radical (unpaired) electrons. The number of hydrogen-bond acceptors (Lipinski definition) is 5. The van der Waals surface area contributed by atoms with Gasteiger partial charge in [0.15, 0.2) is 0 Å². The molecule has 5 rings (SSSR count). The zero-order valence-electron chi connectivity index (χ0n) is 25.4. The summed E-state index contributed by atoms with van der Waals surface area (Å²) in [4.78, 5) is 41.5. The van der Waals surface area contributed by atoms with E-state index in [1.54, 1.807) is 24.8 Å². The van der Waals surface area contributed by atoms with E-state index in [2.05, 4.69) is 10.6 Å². The van der Waals surface area contributed by atoms with E-state index in [0.717, 1.165) is 27.8 Å². The van der Waals surface area contributed by atoms with Crippen molar-refractivity contribution in [2.75, 3.05) is 4.90 Å². The number of aryl methyl sites for hydroxylation is 1. The third-order valence-corrected chi connectivity index (χ3v) is 7.94. The van der Waals surface area contributed by atoms with Crippen molar-refractivity contribution >= 4 is 23.6 Å². The third kappa shape index (κ3) is 7.56. The Kier molecular flexibility index (Phi) is 9.59. The summed E-state index contributed by atoms with van der Waals surface area (Å²) in [6.07, 6.45) is -0.114. The van der Waals surface area contributed by atoms with Gasteiger partial charge < -0.3 is 26.0 Å². The van der Waals surface area contributed by atoms with Gasteiger partial charge in [-0.3, -0.25) is 9.59 Å². The lowest BCUT2D eigenvalue weighted by molar-refractivity contribution is -0.131. The van der Waals surface area contributed by atoms with Gasteiger partial charge in [-0.15, -0.1) is 0 Å². The highest BCUT2D eigenvalue weighted by molar-refractivity contribution is 6.01. The van der Waals surface area contributed by atoms with Crippen LogP contribution in [0.3, 0.4) is 0 Å². The van der Waals surface area contributed by atoms with Gasteiger partial charge in [-0.25, -0.2) is 9.18 Å². The van der Waals surface area contributed by atoms with Crippen LogP contribution >= 0.6 is 0 Å². The molecule has 4 aromatic rings. The number of nitrogens with one attached hydrogen (secondary N) is 2. The summed E-state index contributed by atoms with van der Waals surface area (Å²) in [5.74, 6) is -1.27. The highest BCUT2D eigenvalue weighted by Gasteiger charge is 2.36. The molecule has 1 aliphatic heterocycles. The summed E-state index contributed by atoms with van der Waals surface area (Å²) in [6.45, 7) is 3.77. The Morgan fingerprint density at radius 1 is 0.956 bits per heavy atom. The van der Waals surface area contributed by atoms with E-state index in [-0.39, 0.29) is 25.5 Å². The summed E-state index contributed by atoms with van der Waals surface area (Å²) < 4.78 is 19.6. The number of nitrogens with two attached hydrogens (primary N) is 1. The molecule has 4 N–H and O–H groups in total. The minimum absolute atomic E-state index is 0.0514. The van der Waals surface area contributed by atoms with E-state index in [0.29, 0.717) is 24.2 Å². The Labute approximate surface area is 262 Å². The lowest BCUT2D eigenvalue weighted by Gasteiger charge is -2.30. The Balaban J connectivity index is 1.31.